The molecule has 3 rings (SSSR count). The van der Waals surface area contributed by atoms with Gasteiger partial charge in [-0.2, -0.15) is 0 Å². The van der Waals surface area contributed by atoms with E-state index in [4.69, 9.17) is 4.74 Å². The highest BCUT2D eigenvalue weighted by atomic mass is 16.6. The lowest BCUT2D eigenvalue weighted by atomic mass is 10.0. The van der Waals surface area contributed by atoms with Crippen LogP contribution < -0.4 is 4.74 Å². The van der Waals surface area contributed by atoms with E-state index in [0.717, 1.165) is 31.0 Å². The molecular weight excluding hydrogens is 284 g/mol. The zero-order valence-electron chi connectivity index (χ0n) is 11.8. The highest BCUT2D eigenvalue weighted by Gasteiger charge is 2.16. The van der Waals surface area contributed by atoms with Gasteiger partial charge in [0.15, 0.2) is 5.78 Å². The van der Waals surface area contributed by atoms with E-state index in [9.17, 15) is 14.9 Å². The topological polar surface area (TPSA) is 82.3 Å². The number of Topliss-reactive ketones (excluding diaryl/α,β-unsaturated/α-hetero) is 1. The molecule has 6 heteroatoms. The number of nitro groups is 1. The standard InChI is InChI=1S/C16H14N2O4/c19-15-4-2-1-3-11-5-7-13(9-14(11)15)22-16-8-6-12(10-17-16)18(20)21/h5-10H,1-4H2. The van der Waals surface area contributed by atoms with Crippen molar-refractivity contribution in [3.63, 3.8) is 0 Å². The van der Waals surface area contributed by atoms with Crippen LogP contribution in [-0.4, -0.2) is 15.7 Å². The lowest BCUT2D eigenvalue weighted by Gasteiger charge is -2.09. The van der Waals surface area contributed by atoms with E-state index in [2.05, 4.69) is 4.98 Å². The van der Waals surface area contributed by atoms with Crippen LogP contribution in [0.1, 0.15) is 35.2 Å². The number of carbonyl (C=O) groups is 1. The van der Waals surface area contributed by atoms with E-state index in [1.54, 1.807) is 12.1 Å². The van der Waals surface area contributed by atoms with E-state index in [1.165, 1.54) is 12.1 Å². The van der Waals surface area contributed by atoms with Crippen LogP contribution in [0.2, 0.25) is 0 Å². The van der Waals surface area contributed by atoms with Crippen molar-refractivity contribution in [1.29, 1.82) is 0 Å². The summed E-state index contributed by atoms with van der Waals surface area (Å²) in [5.41, 5.74) is 1.66. The molecule has 6 nitrogen and oxygen atoms in total. The fraction of sp³-hybridized carbons (Fsp3) is 0.250. The predicted molar refractivity (Wildman–Crippen MR) is 79.3 cm³/mol. The van der Waals surface area contributed by atoms with Gasteiger partial charge in [-0.1, -0.05) is 6.07 Å². The molecule has 0 N–H and O–H groups in total. The summed E-state index contributed by atoms with van der Waals surface area (Å²) < 4.78 is 5.58. The highest BCUT2D eigenvalue weighted by molar-refractivity contribution is 5.98. The molecule has 1 aromatic carbocycles. The molecule has 0 amide bonds. The first kappa shape index (κ1) is 14.2. The minimum atomic E-state index is -0.516. The Morgan fingerprint density at radius 1 is 1.14 bits per heavy atom. The molecule has 0 bridgehead atoms. The van der Waals surface area contributed by atoms with Gasteiger partial charge in [-0.05, 0) is 37.0 Å². The number of aryl methyl sites for hydroxylation is 1. The summed E-state index contributed by atoms with van der Waals surface area (Å²) in [7, 11) is 0. The molecule has 0 aliphatic heterocycles. The minimum Gasteiger partial charge on any atom is -0.439 e. The van der Waals surface area contributed by atoms with Crippen LogP contribution >= 0.6 is 0 Å². The Bertz CT molecular complexity index is 725. The van der Waals surface area contributed by atoms with Crippen LogP contribution in [0, 0.1) is 10.1 Å². The number of ether oxygens (including phenoxy) is 1. The van der Waals surface area contributed by atoms with Crippen LogP contribution in [0.15, 0.2) is 36.5 Å². The number of rotatable bonds is 3. The largest absolute Gasteiger partial charge is 0.439 e. The Morgan fingerprint density at radius 2 is 1.95 bits per heavy atom. The van der Waals surface area contributed by atoms with Crippen LogP contribution in [0.4, 0.5) is 5.69 Å². The number of hydrogen-bond acceptors (Lipinski definition) is 5. The maximum atomic E-state index is 12.1. The quantitative estimate of drug-likeness (QED) is 0.490. The summed E-state index contributed by atoms with van der Waals surface area (Å²) in [6, 6.07) is 8.19. The number of hydrogen-bond donors (Lipinski definition) is 0. The maximum absolute atomic E-state index is 12.1. The van der Waals surface area contributed by atoms with Gasteiger partial charge in [0.2, 0.25) is 5.88 Å². The van der Waals surface area contributed by atoms with Crippen LogP contribution in [-0.2, 0) is 6.42 Å². The summed E-state index contributed by atoms with van der Waals surface area (Å²) >= 11 is 0. The van der Waals surface area contributed by atoms with E-state index in [1.807, 2.05) is 6.07 Å². The molecule has 1 aliphatic rings. The molecule has 2 aromatic rings. The van der Waals surface area contributed by atoms with Crippen molar-refractivity contribution in [2.45, 2.75) is 25.7 Å². The third-order valence-electron chi connectivity index (χ3n) is 3.64. The number of pyridine rings is 1. The number of carbonyl (C=O) groups excluding carboxylic acids is 1. The fourth-order valence-corrected chi connectivity index (χ4v) is 2.49. The monoisotopic (exact) mass is 298 g/mol. The summed E-state index contributed by atoms with van der Waals surface area (Å²) in [5.74, 6) is 0.900. The van der Waals surface area contributed by atoms with Crippen molar-refractivity contribution >= 4 is 11.5 Å². The molecule has 0 saturated heterocycles. The van der Waals surface area contributed by atoms with Crippen LogP contribution in [0.3, 0.4) is 0 Å². The molecule has 1 heterocycles. The average Bonchev–Trinajstić information content (AvgIpc) is 2.70. The van der Waals surface area contributed by atoms with Crippen molar-refractivity contribution in [1.82, 2.24) is 4.98 Å². The zero-order valence-corrected chi connectivity index (χ0v) is 11.8. The summed E-state index contributed by atoms with van der Waals surface area (Å²) in [6.07, 6.45) is 4.53. The molecular formula is C16H14N2O4. The van der Waals surface area contributed by atoms with Crippen LogP contribution in [0.25, 0.3) is 0 Å². The fourth-order valence-electron chi connectivity index (χ4n) is 2.49. The number of aromatic nitrogens is 1. The van der Waals surface area contributed by atoms with Gasteiger partial charge in [-0.15, -0.1) is 0 Å². The second kappa shape index (κ2) is 5.93. The molecule has 1 aliphatic carbocycles. The molecule has 0 unspecified atom stereocenters. The van der Waals surface area contributed by atoms with Crippen molar-refractivity contribution in [3.8, 4) is 11.6 Å². The Labute approximate surface area is 126 Å². The van der Waals surface area contributed by atoms with Crippen molar-refractivity contribution in [2.24, 2.45) is 0 Å². The lowest BCUT2D eigenvalue weighted by molar-refractivity contribution is -0.385. The number of nitrogens with zero attached hydrogens (tertiary/aromatic N) is 2. The molecule has 0 atom stereocenters. The van der Waals surface area contributed by atoms with Gasteiger partial charge in [0.25, 0.3) is 5.69 Å². The summed E-state index contributed by atoms with van der Waals surface area (Å²) in [4.78, 5) is 26.1. The van der Waals surface area contributed by atoms with Crippen molar-refractivity contribution in [2.75, 3.05) is 0 Å². The SMILES string of the molecule is O=C1CCCCc2ccc(Oc3ccc([N+](=O)[O-])cn3)cc21. The summed E-state index contributed by atoms with van der Waals surface area (Å²) in [5, 5.41) is 10.6. The van der Waals surface area contributed by atoms with Gasteiger partial charge in [-0.25, -0.2) is 4.98 Å². The molecule has 22 heavy (non-hydrogen) atoms. The van der Waals surface area contributed by atoms with E-state index in [-0.39, 0.29) is 17.4 Å². The smallest absolute Gasteiger partial charge is 0.287 e. The van der Waals surface area contributed by atoms with Gasteiger partial charge in [0.05, 0.1) is 4.92 Å². The van der Waals surface area contributed by atoms with E-state index < -0.39 is 4.92 Å². The van der Waals surface area contributed by atoms with Gasteiger partial charge in [-0.3, -0.25) is 14.9 Å². The second-order valence-electron chi connectivity index (χ2n) is 5.16. The van der Waals surface area contributed by atoms with E-state index in [0.29, 0.717) is 17.7 Å². The number of benzene rings is 1. The van der Waals surface area contributed by atoms with Gasteiger partial charge >= 0.3 is 0 Å². The van der Waals surface area contributed by atoms with Gasteiger partial charge < -0.3 is 4.74 Å². The predicted octanol–water partition coefficient (Wildman–Crippen LogP) is 3.69. The van der Waals surface area contributed by atoms with Gasteiger partial charge in [0.1, 0.15) is 11.9 Å². The molecule has 0 saturated carbocycles. The Morgan fingerprint density at radius 3 is 2.68 bits per heavy atom. The van der Waals surface area contributed by atoms with Crippen molar-refractivity contribution < 1.29 is 14.5 Å². The molecule has 0 fully saturated rings. The van der Waals surface area contributed by atoms with E-state index >= 15 is 0 Å². The molecule has 0 radical (unpaired) electrons. The third kappa shape index (κ3) is 2.95. The zero-order chi connectivity index (χ0) is 15.5. The number of ketones is 1. The van der Waals surface area contributed by atoms with Gasteiger partial charge in [0, 0.05) is 24.1 Å². The first-order chi connectivity index (χ1) is 10.6. The first-order valence-electron chi connectivity index (χ1n) is 7.08. The Balaban J connectivity index is 1.83. The second-order valence-corrected chi connectivity index (χ2v) is 5.16. The molecule has 112 valence electrons. The third-order valence-corrected chi connectivity index (χ3v) is 3.64. The first-order valence-corrected chi connectivity index (χ1v) is 7.08. The number of fused-ring (bicyclic) bond motifs is 1. The Kier molecular flexibility index (Phi) is 3.82. The normalized spacial score (nSPS) is 14.1. The Hall–Kier alpha value is -2.76. The average molecular weight is 298 g/mol. The maximum Gasteiger partial charge on any atom is 0.287 e. The highest BCUT2D eigenvalue weighted by Crippen LogP contribution is 2.27. The minimum absolute atomic E-state index is 0.0931. The molecule has 0 spiro atoms. The summed E-state index contributed by atoms with van der Waals surface area (Å²) in [6.45, 7) is 0. The molecule has 1 aromatic heterocycles. The lowest BCUT2D eigenvalue weighted by Crippen LogP contribution is -2.00. The van der Waals surface area contributed by atoms with Crippen LogP contribution in [0.5, 0.6) is 11.6 Å². The van der Waals surface area contributed by atoms with Crippen molar-refractivity contribution in [3.05, 3.63) is 57.8 Å².